The van der Waals surface area contributed by atoms with Crippen LogP contribution in [0.25, 0.3) is 11.3 Å². The number of rotatable bonds is 4. The molecule has 1 saturated heterocycles. The largest absolute Gasteiger partial charge is 0.360 e. The minimum atomic E-state index is 0.115. The lowest BCUT2D eigenvalue weighted by Gasteiger charge is -2.22. The lowest BCUT2D eigenvalue weighted by Crippen LogP contribution is -2.22. The molecule has 0 bridgehead atoms. The van der Waals surface area contributed by atoms with Gasteiger partial charge < -0.3 is 10.2 Å². The predicted octanol–water partition coefficient (Wildman–Crippen LogP) is 2.79. The van der Waals surface area contributed by atoms with Gasteiger partial charge in [-0.1, -0.05) is 30.3 Å². The van der Waals surface area contributed by atoms with Crippen molar-refractivity contribution in [3.05, 3.63) is 35.9 Å². The van der Waals surface area contributed by atoms with Crippen molar-refractivity contribution in [2.24, 2.45) is 0 Å². The van der Waals surface area contributed by atoms with Crippen LogP contribution in [0.2, 0.25) is 0 Å². The van der Waals surface area contributed by atoms with Crippen molar-refractivity contribution >= 4 is 22.9 Å². The minimum Gasteiger partial charge on any atom is -0.360 e. The second-order valence-electron chi connectivity index (χ2n) is 5.78. The van der Waals surface area contributed by atoms with E-state index in [4.69, 9.17) is 4.63 Å². The fourth-order valence-corrected chi connectivity index (χ4v) is 2.91. The summed E-state index contributed by atoms with van der Waals surface area (Å²) in [6, 6.07) is 10.4. The summed E-state index contributed by atoms with van der Waals surface area (Å²) in [5.41, 5.74) is 2.07. The summed E-state index contributed by atoms with van der Waals surface area (Å²) >= 11 is 0. The molecule has 1 aliphatic rings. The van der Waals surface area contributed by atoms with Gasteiger partial charge in [0, 0.05) is 13.1 Å². The average Bonchev–Trinajstić information content (AvgIpc) is 3.26. The molecule has 7 heteroatoms. The second-order valence-corrected chi connectivity index (χ2v) is 5.78. The SMILES string of the molecule is C[C@@H](Nc1nc2nonc2nc1N1CCCC1)c1ccccc1. The number of hydrogen-bond acceptors (Lipinski definition) is 7. The van der Waals surface area contributed by atoms with Crippen LogP contribution in [0.5, 0.6) is 0 Å². The number of benzene rings is 1. The van der Waals surface area contributed by atoms with Crippen molar-refractivity contribution in [3.63, 3.8) is 0 Å². The lowest BCUT2D eigenvalue weighted by molar-refractivity contribution is 0.314. The van der Waals surface area contributed by atoms with E-state index < -0.39 is 0 Å². The van der Waals surface area contributed by atoms with Gasteiger partial charge in [-0.2, -0.15) is 0 Å². The summed E-state index contributed by atoms with van der Waals surface area (Å²) in [6.45, 7) is 4.08. The van der Waals surface area contributed by atoms with Gasteiger partial charge in [-0.3, -0.25) is 0 Å². The molecule has 0 unspecified atom stereocenters. The van der Waals surface area contributed by atoms with Gasteiger partial charge in [0.1, 0.15) is 0 Å². The van der Waals surface area contributed by atoms with Crippen molar-refractivity contribution < 1.29 is 4.63 Å². The average molecular weight is 310 g/mol. The van der Waals surface area contributed by atoms with Gasteiger partial charge in [0.15, 0.2) is 11.6 Å². The zero-order chi connectivity index (χ0) is 15.6. The maximum absolute atomic E-state index is 4.76. The Bertz CT molecular complexity index is 797. The second kappa shape index (κ2) is 5.83. The molecular formula is C16H18N6O. The van der Waals surface area contributed by atoms with E-state index in [1.165, 1.54) is 18.4 Å². The molecule has 1 N–H and O–H groups in total. The van der Waals surface area contributed by atoms with E-state index >= 15 is 0 Å². The highest BCUT2D eigenvalue weighted by atomic mass is 16.6. The molecule has 3 aromatic rings. The molecule has 2 aromatic heterocycles. The van der Waals surface area contributed by atoms with Crippen molar-refractivity contribution in [1.29, 1.82) is 0 Å². The van der Waals surface area contributed by atoms with Crippen LogP contribution in [0.15, 0.2) is 35.0 Å². The van der Waals surface area contributed by atoms with Gasteiger partial charge in [0.25, 0.3) is 0 Å². The quantitative estimate of drug-likeness (QED) is 0.793. The Kier molecular flexibility index (Phi) is 3.53. The molecule has 0 spiro atoms. The normalized spacial score (nSPS) is 16.0. The van der Waals surface area contributed by atoms with E-state index in [9.17, 15) is 0 Å². The van der Waals surface area contributed by atoms with Crippen LogP contribution >= 0.6 is 0 Å². The Balaban J connectivity index is 1.70. The van der Waals surface area contributed by atoms with E-state index in [0.29, 0.717) is 11.3 Å². The van der Waals surface area contributed by atoms with Gasteiger partial charge >= 0.3 is 0 Å². The molecule has 4 rings (SSSR count). The summed E-state index contributed by atoms with van der Waals surface area (Å²) in [7, 11) is 0. The van der Waals surface area contributed by atoms with Crippen molar-refractivity contribution in [2.45, 2.75) is 25.8 Å². The van der Waals surface area contributed by atoms with E-state index in [1.54, 1.807) is 0 Å². The van der Waals surface area contributed by atoms with Gasteiger partial charge in [-0.25, -0.2) is 14.6 Å². The molecule has 7 nitrogen and oxygen atoms in total. The smallest absolute Gasteiger partial charge is 0.245 e. The highest BCUT2D eigenvalue weighted by molar-refractivity contribution is 5.74. The Labute approximate surface area is 133 Å². The van der Waals surface area contributed by atoms with Gasteiger partial charge in [-0.05, 0) is 35.6 Å². The van der Waals surface area contributed by atoms with Crippen LogP contribution in [0.3, 0.4) is 0 Å². The van der Waals surface area contributed by atoms with E-state index in [1.807, 2.05) is 18.2 Å². The zero-order valence-electron chi connectivity index (χ0n) is 12.9. The van der Waals surface area contributed by atoms with E-state index in [2.05, 4.69) is 49.6 Å². The predicted molar refractivity (Wildman–Crippen MR) is 87.3 cm³/mol. The molecule has 1 aromatic carbocycles. The molecule has 118 valence electrons. The van der Waals surface area contributed by atoms with Crippen molar-refractivity contribution in [1.82, 2.24) is 20.3 Å². The minimum absolute atomic E-state index is 0.115. The van der Waals surface area contributed by atoms with Crippen LogP contribution in [-0.4, -0.2) is 33.4 Å². The number of fused-ring (bicyclic) bond motifs is 1. The van der Waals surface area contributed by atoms with E-state index in [-0.39, 0.29) is 6.04 Å². The topological polar surface area (TPSA) is 80.0 Å². The molecule has 0 radical (unpaired) electrons. The highest BCUT2D eigenvalue weighted by Crippen LogP contribution is 2.29. The summed E-state index contributed by atoms with van der Waals surface area (Å²) in [5, 5.41) is 11.1. The summed E-state index contributed by atoms with van der Waals surface area (Å²) in [5.74, 6) is 1.56. The maximum atomic E-state index is 4.76. The number of nitrogens with zero attached hydrogens (tertiary/aromatic N) is 5. The molecule has 1 fully saturated rings. The number of hydrogen-bond donors (Lipinski definition) is 1. The monoisotopic (exact) mass is 310 g/mol. The first-order chi connectivity index (χ1) is 11.3. The third-order valence-electron chi connectivity index (χ3n) is 4.15. The molecule has 0 saturated carbocycles. The van der Waals surface area contributed by atoms with Crippen LogP contribution in [-0.2, 0) is 0 Å². The first-order valence-electron chi connectivity index (χ1n) is 7.88. The van der Waals surface area contributed by atoms with Crippen LogP contribution in [0.1, 0.15) is 31.4 Å². The number of nitrogens with one attached hydrogen (secondary N) is 1. The molecule has 23 heavy (non-hydrogen) atoms. The third kappa shape index (κ3) is 2.69. The van der Waals surface area contributed by atoms with Gasteiger partial charge in [-0.15, -0.1) is 0 Å². The third-order valence-corrected chi connectivity index (χ3v) is 4.15. The van der Waals surface area contributed by atoms with Crippen molar-refractivity contribution in [2.75, 3.05) is 23.3 Å². The molecule has 0 amide bonds. The Morgan fingerprint density at radius 1 is 1.04 bits per heavy atom. The number of anilines is 2. The fourth-order valence-electron chi connectivity index (χ4n) is 2.91. The first-order valence-corrected chi connectivity index (χ1v) is 7.88. The van der Waals surface area contributed by atoms with Crippen LogP contribution in [0.4, 0.5) is 11.6 Å². The molecule has 0 aliphatic carbocycles. The fraction of sp³-hybridized carbons (Fsp3) is 0.375. The maximum Gasteiger partial charge on any atom is 0.245 e. The van der Waals surface area contributed by atoms with Gasteiger partial charge in [0.05, 0.1) is 6.04 Å². The molecular weight excluding hydrogens is 292 g/mol. The van der Waals surface area contributed by atoms with Gasteiger partial charge in [0.2, 0.25) is 11.3 Å². The Morgan fingerprint density at radius 2 is 1.74 bits per heavy atom. The van der Waals surface area contributed by atoms with Crippen LogP contribution < -0.4 is 10.2 Å². The standard InChI is InChI=1S/C16H18N6O/c1-11(12-7-3-2-4-8-12)17-15-16(22-9-5-6-10-22)19-14-13(18-15)20-23-21-14/h2-4,7-8,11H,5-6,9-10H2,1H3,(H,17,18,20)/t11-/m1/s1. The van der Waals surface area contributed by atoms with E-state index in [0.717, 1.165) is 24.7 Å². The number of aromatic nitrogens is 4. The zero-order valence-corrected chi connectivity index (χ0v) is 12.9. The Hall–Kier alpha value is -2.70. The molecule has 3 heterocycles. The summed E-state index contributed by atoms with van der Waals surface area (Å²) < 4.78 is 4.76. The molecule has 1 atom stereocenters. The van der Waals surface area contributed by atoms with Crippen LogP contribution in [0, 0.1) is 0 Å². The van der Waals surface area contributed by atoms with Crippen molar-refractivity contribution in [3.8, 4) is 0 Å². The summed E-state index contributed by atoms with van der Waals surface area (Å²) in [4.78, 5) is 11.4. The Morgan fingerprint density at radius 3 is 2.48 bits per heavy atom. The summed E-state index contributed by atoms with van der Waals surface area (Å²) in [6.07, 6.45) is 2.34. The highest BCUT2D eigenvalue weighted by Gasteiger charge is 2.22. The first kappa shape index (κ1) is 13.9. The lowest BCUT2D eigenvalue weighted by atomic mass is 10.1. The molecule has 1 aliphatic heterocycles.